The number of anilines is 4. The number of halogens is 2. The molecule has 0 spiro atoms. The van der Waals surface area contributed by atoms with Crippen LogP contribution in [0.25, 0.3) is 22.8 Å². The summed E-state index contributed by atoms with van der Waals surface area (Å²) in [6, 6.07) is 25.3. The third kappa shape index (κ3) is 9.66. The zero-order valence-electron chi connectivity index (χ0n) is 40.0. The van der Waals surface area contributed by atoms with E-state index < -0.39 is 52.9 Å². The van der Waals surface area contributed by atoms with Crippen molar-refractivity contribution in [2.45, 2.75) is 51.9 Å². The lowest BCUT2D eigenvalue weighted by Crippen LogP contribution is -2.50. The van der Waals surface area contributed by atoms with Crippen molar-refractivity contribution in [3.63, 3.8) is 0 Å². The van der Waals surface area contributed by atoms with E-state index in [9.17, 15) is 35.2 Å². The van der Waals surface area contributed by atoms with Crippen LogP contribution in [0.5, 0.6) is 0 Å². The fraction of sp³-hybridized carbons (Fsp3) is 0.333. The molecule has 380 valence electrons. The van der Waals surface area contributed by atoms with Crippen LogP contribution in [0, 0.1) is 11.6 Å². The molecule has 4 heterocycles. The number of morpholine rings is 2. The molecule has 4 aliphatic rings. The average molecular weight is 1040 g/mol. The van der Waals surface area contributed by atoms with Gasteiger partial charge in [-0.3, -0.25) is 0 Å². The number of ether oxygens (including phenoxy) is 2. The van der Waals surface area contributed by atoms with Crippen LogP contribution < -0.4 is 20.4 Å². The van der Waals surface area contributed by atoms with Gasteiger partial charge in [0.2, 0.25) is 0 Å². The van der Waals surface area contributed by atoms with Crippen LogP contribution in [0.15, 0.2) is 119 Å². The van der Waals surface area contributed by atoms with Gasteiger partial charge in [0.05, 0.1) is 47.6 Å². The van der Waals surface area contributed by atoms with Gasteiger partial charge in [-0.2, -0.15) is 0 Å². The molecular formula is C51H52F2N10O8S2. The number of benzene rings is 4. The Morgan fingerprint density at radius 1 is 0.575 bits per heavy atom. The number of rotatable bonds is 13. The molecule has 10 rings (SSSR count). The molecule has 2 N–H and O–H groups in total. The molecule has 0 atom stereocenters. The lowest BCUT2D eigenvalue weighted by atomic mass is 10.1. The monoisotopic (exact) mass is 1030 g/mol. The average Bonchev–Trinajstić information content (AvgIpc) is 4.36. The van der Waals surface area contributed by atoms with Crippen molar-refractivity contribution in [2.75, 3.05) is 86.6 Å². The fourth-order valence-electron chi connectivity index (χ4n) is 9.13. The summed E-state index contributed by atoms with van der Waals surface area (Å²) in [4.78, 5) is 50.7. The summed E-state index contributed by atoms with van der Waals surface area (Å²) in [5.41, 5.74) is 2.63. The van der Waals surface area contributed by atoms with E-state index in [4.69, 9.17) is 29.4 Å². The fourth-order valence-corrected chi connectivity index (χ4v) is 13.1. The molecule has 2 aliphatic carbocycles. The summed E-state index contributed by atoms with van der Waals surface area (Å²) in [5.74, 6) is 0.605. The number of carbonyl (C=O) groups excluding carboxylic acids is 2. The summed E-state index contributed by atoms with van der Waals surface area (Å²) in [7, 11) is -6.46. The van der Waals surface area contributed by atoms with Crippen molar-refractivity contribution in [3.05, 3.63) is 132 Å². The number of urea groups is 2. The van der Waals surface area contributed by atoms with Gasteiger partial charge in [0, 0.05) is 74.4 Å². The summed E-state index contributed by atoms with van der Waals surface area (Å²) in [6.45, 7) is 5.95. The predicted octanol–water partition coefficient (Wildman–Crippen LogP) is 7.41. The number of sulfone groups is 2. The lowest BCUT2D eigenvalue weighted by molar-refractivity contribution is 0.0852. The van der Waals surface area contributed by atoms with Gasteiger partial charge in [-0.05, 0) is 130 Å². The first-order chi connectivity index (χ1) is 35.1. The second-order valence-electron chi connectivity index (χ2n) is 18.2. The molecule has 73 heavy (non-hydrogen) atoms. The Morgan fingerprint density at radius 2 is 0.945 bits per heavy atom. The SMILES string of the molecule is CCN(C(=O)Nc1ccc(-c2nc(N3CCOCC3)cc(C3(S(=O)(=O)c4ccc(F)cc4)CC3)n2)cc1)N(C)C(=O)Nc1ccc(-c2nc(N3CCOCC3)cc(C3(S(=O)(=O)c4ccc(F)cc4)CC3)n2)cc1. The van der Waals surface area contributed by atoms with Gasteiger partial charge in [-0.1, -0.05) is 0 Å². The normalized spacial score (nSPS) is 17.1. The third-order valence-electron chi connectivity index (χ3n) is 13.7. The summed E-state index contributed by atoms with van der Waals surface area (Å²) in [6.07, 6.45) is 1.35. The topological polar surface area (TPSA) is 209 Å². The second-order valence-corrected chi connectivity index (χ2v) is 22.7. The van der Waals surface area contributed by atoms with E-state index in [2.05, 4.69) is 10.6 Å². The first-order valence-electron chi connectivity index (χ1n) is 23.9. The van der Waals surface area contributed by atoms with Crippen molar-refractivity contribution in [1.82, 2.24) is 30.0 Å². The van der Waals surface area contributed by atoms with Crippen LogP contribution in [0.3, 0.4) is 0 Å². The quantitative estimate of drug-likeness (QED) is 0.0853. The van der Waals surface area contributed by atoms with Crippen LogP contribution in [0.4, 0.5) is 41.4 Å². The summed E-state index contributed by atoms with van der Waals surface area (Å²) < 4.78 is 92.4. The first-order valence-corrected chi connectivity index (χ1v) is 26.9. The summed E-state index contributed by atoms with van der Waals surface area (Å²) in [5, 5.41) is 8.02. The zero-order chi connectivity index (χ0) is 51.1. The number of amides is 4. The van der Waals surface area contributed by atoms with Gasteiger partial charge in [-0.25, -0.2) is 65.2 Å². The van der Waals surface area contributed by atoms with E-state index in [1.807, 2.05) is 9.80 Å². The van der Waals surface area contributed by atoms with Gasteiger partial charge < -0.3 is 29.9 Å². The lowest BCUT2D eigenvalue weighted by Gasteiger charge is -2.31. The van der Waals surface area contributed by atoms with Gasteiger partial charge >= 0.3 is 12.1 Å². The van der Waals surface area contributed by atoms with E-state index in [1.165, 1.54) is 36.3 Å². The van der Waals surface area contributed by atoms with Crippen molar-refractivity contribution >= 4 is 54.7 Å². The highest BCUT2D eigenvalue weighted by molar-refractivity contribution is 7.93. The number of nitrogens with one attached hydrogen (secondary N) is 2. The Hall–Kier alpha value is -7.14. The molecule has 2 saturated carbocycles. The predicted molar refractivity (Wildman–Crippen MR) is 268 cm³/mol. The molecule has 2 aliphatic heterocycles. The number of carbonyl (C=O) groups is 2. The largest absolute Gasteiger partial charge is 0.378 e. The minimum Gasteiger partial charge on any atom is -0.378 e. The van der Waals surface area contributed by atoms with Crippen LogP contribution in [0.1, 0.15) is 44.0 Å². The smallest absolute Gasteiger partial charge is 0.340 e. The van der Waals surface area contributed by atoms with Gasteiger partial charge in [0.25, 0.3) is 0 Å². The third-order valence-corrected chi connectivity index (χ3v) is 18.8. The highest BCUT2D eigenvalue weighted by Gasteiger charge is 2.59. The first kappa shape index (κ1) is 49.4. The Balaban J connectivity index is 0.831. The molecule has 18 nitrogen and oxygen atoms in total. The van der Waals surface area contributed by atoms with Gasteiger partial charge in [-0.15, -0.1) is 0 Å². The highest BCUT2D eigenvalue weighted by atomic mass is 32.2. The molecule has 4 fully saturated rings. The highest BCUT2D eigenvalue weighted by Crippen LogP contribution is 2.56. The van der Waals surface area contributed by atoms with E-state index in [-0.39, 0.29) is 28.0 Å². The van der Waals surface area contributed by atoms with Gasteiger partial charge in [0.15, 0.2) is 31.3 Å². The standard InChI is InChI=1S/C51H52F2N10O8S2/c1-3-63(49(65)55-39-14-6-35(7-15-39)47-57-43(33-45(59-47)62-26-30-71-31-27-62)51(22-23-51)73(68,69)41-18-10-37(53)11-19-41)60(2)48(64)54-38-12-4-34(5-13-38)46-56-42(32-44(58-46)61-24-28-70-29-25-61)50(20-21-50)72(66,67)40-16-8-36(52)9-17-40/h4-19,32-33H,3,20-31H2,1-2H3,(H,54,64)(H,55,65). The Labute approximate surface area is 421 Å². The van der Waals surface area contributed by atoms with Crippen LogP contribution in [0.2, 0.25) is 0 Å². The van der Waals surface area contributed by atoms with Crippen molar-refractivity contribution in [2.24, 2.45) is 0 Å². The molecule has 2 aromatic heterocycles. The van der Waals surface area contributed by atoms with Crippen molar-refractivity contribution < 1.29 is 44.7 Å². The van der Waals surface area contributed by atoms with E-state index in [0.29, 0.717) is 124 Å². The Morgan fingerprint density at radius 3 is 1.30 bits per heavy atom. The maximum Gasteiger partial charge on any atom is 0.340 e. The molecule has 6 aromatic rings. The molecule has 0 unspecified atom stereocenters. The molecule has 0 bridgehead atoms. The minimum atomic E-state index is -3.95. The summed E-state index contributed by atoms with van der Waals surface area (Å²) >= 11 is 0. The molecule has 0 radical (unpaired) electrons. The van der Waals surface area contributed by atoms with Gasteiger partial charge in [0.1, 0.15) is 32.8 Å². The number of hydrogen-bond donors (Lipinski definition) is 2. The minimum absolute atomic E-state index is 0.0110. The zero-order valence-corrected chi connectivity index (χ0v) is 41.6. The maximum absolute atomic E-state index is 14.1. The van der Waals surface area contributed by atoms with Crippen LogP contribution in [-0.2, 0) is 38.6 Å². The maximum atomic E-state index is 14.1. The molecule has 4 aromatic carbocycles. The Kier molecular flexibility index (Phi) is 13.3. The molecular weight excluding hydrogens is 983 g/mol. The van der Waals surface area contributed by atoms with E-state index >= 15 is 0 Å². The van der Waals surface area contributed by atoms with E-state index in [1.54, 1.807) is 67.6 Å². The van der Waals surface area contributed by atoms with Crippen LogP contribution in [-0.4, -0.2) is 125 Å². The number of hydrazine groups is 1. The van der Waals surface area contributed by atoms with E-state index in [0.717, 1.165) is 29.3 Å². The van der Waals surface area contributed by atoms with Crippen molar-refractivity contribution in [1.29, 1.82) is 0 Å². The molecule has 4 amide bonds. The molecule has 22 heteroatoms. The van der Waals surface area contributed by atoms with Crippen LogP contribution >= 0.6 is 0 Å². The number of aromatic nitrogens is 4. The number of hydrogen-bond acceptors (Lipinski definition) is 14. The van der Waals surface area contributed by atoms with Crippen molar-refractivity contribution in [3.8, 4) is 22.8 Å². The molecule has 2 saturated heterocycles. The number of nitrogens with zero attached hydrogens (tertiary/aromatic N) is 8. The Bertz CT molecular complexity index is 3260. The second kappa shape index (κ2) is 19.7.